The third kappa shape index (κ3) is 4.04. The fraction of sp³-hybridized carbons (Fsp3) is 0.333. The number of aryl methyl sites for hydroxylation is 1. The Labute approximate surface area is 170 Å². The molecule has 5 nitrogen and oxygen atoms in total. The van der Waals surface area contributed by atoms with Gasteiger partial charge in [-0.15, -0.1) is 0 Å². The molecule has 4 rings (SSSR count). The van der Waals surface area contributed by atoms with Gasteiger partial charge in [0.05, 0.1) is 13.2 Å². The van der Waals surface area contributed by atoms with Crippen molar-refractivity contribution in [2.24, 2.45) is 0 Å². The highest BCUT2D eigenvalue weighted by Gasteiger charge is 2.34. The van der Waals surface area contributed by atoms with E-state index in [1.807, 2.05) is 18.3 Å². The number of ether oxygens (including phenoxy) is 1. The number of benzene rings is 2. The molecule has 0 saturated carbocycles. The maximum absolute atomic E-state index is 12.9. The van der Waals surface area contributed by atoms with E-state index in [0.717, 1.165) is 36.9 Å². The standard InChI is InChI=1S/C24H26N2O3/c1-29-19-13-11-17(12-14-19)24(28)22-9-5-15-26(22)23(27)10-4-6-18-16-25-21-8-3-2-7-20(18)21/h2-3,7-8,11-14,16,22,25H,4-6,9-10,15H2,1H3/t22-/m0/s1. The number of ketones is 1. The monoisotopic (exact) mass is 390 g/mol. The van der Waals surface area contributed by atoms with Gasteiger partial charge in [-0.25, -0.2) is 0 Å². The molecule has 1 N–H and O–H groups in total. The van der Waals surface area contributed by atoms with Crippen LogP contribution in [-0.4, -0.2) is 41.3 Å². The van der Waals surface area contributed by atoms with Crippen molar-refractivity contribution >= 4 is 22.6 Å². The van der Waals surface area contributed by atoms with Crippen LogP contribution in [0.25, 0.3) is 10.9 Å². The molecule has 0 bridgehead atoms. The molecule has 1 atom stereocenters. The smallest absolute Gasteiger partial charge is 0.223 e. The van der Waals surface area contributed by atoms with Crippen LogP contribution in [0.3, 0.4) is 0 Å². The number of para-hydroxylation sites is 1. The minimum absolute atomic E-state index is 0.0233. The van der Waals surface area contributed by atoms with Crippen LogP contribution in [0.1, 0.15) is 41.6 Å². The molecule has 1 saturated heterocycles. The van der Waals surface area contributed by atoms with E-state index in [2.05, 4.69) is 17.1 Å². The topological polar surface area (TPSA) is 62.4 Å². The number of likely N-dealkylation sites (tertiary alicyclic amines) is 1. The van der Waals surface area contributed by atoms with Gasteiger partial charge in [-0.2, -0.15) is 0 Å². The van der Waals surface area contributed by atoms with E-state index in [0.29, 0.717) is 18.5 Å². The Hall–Kier alpha value is -3.08. The van der Waals surface area contributed by atoms with Crippen LogP contribution in [0.5, 0.6) is 5.75 Å². The Kier molecular flexibility index (Phi) is 5.65. The van der Waals surface area contributed by atoms with E-state index in [1.165, 1.54) is 10.9 Å². The lowest BCUT2D eigenvalue weighted by Crippen LogP contribution is -2.40. The van der Waals surface area contributed by atoms with E-state index < -0.39 is 0 Å². The van der Waals surface area contributed by atoms with Crippen molar-refractivity contribution in [3.8, 4) is 5.75 Å². The molecule has 1 aliphatic heterocycles. The van der Waals surface area contributed by atoms with Gasteiger partial charge in [0.2, 0.25) is 5.91 Å². The van der Waals surface area contributed by atoms with Gasteiger partial charge in [0.25, 0.3) is 0 Å². The molecular weight excluding hydrogens is 364 g/mol. The Morgan fingerprint density at radius 2 is 1.93 bits per heavy atom. The minimum atomic E-state index is -0.344. The zero-order valence-electron chi connectivity index (χ0n) is 16.7. The summed E-state index contributed by atoms with van der Waals surface area (Å²) in [5.74, 6) is 0.822. The number of carbonyl (C=O) groups is 2. The average Bonchev–Trinajstić information content (AvgIpc) is 3.41. The first-order chi connectivity index (χ1) is 14.2. The van der Waals surface area contributed by atoms with Crippen LogP contribution in [0.15, 0.2) is 54.7 Å². The van der Waals surface area contributed by atoms with Crippen molar-refractivity contribution in [1.29, 1.82) is 0 Å². The van der Waals surface area contributed by atoms with Gasteiger partial charge < -0.3 is 14.6 Å². The number of amides is 1. The third-order valence-corrected chi connectivity index (χ3v) is 5.76. The predicted molar refractivity (Wildman–Crippen MR) is 113 cm³/mol. The molecule has 1 fully saturated rings. The Morgan fingerprint density at radius 1 is 1.14 bits per heavy atom. The Bertz CT molecular complexity index is 1010. The lowest BCUT2D eigenvalue weighted by molar-refractivity contribution is -0.131. The maximum atomic E-state index is 12.9. The first-order valence-electron chi connectivity index (χ1n) is 10.2. The highest BCUT2D eigenvalue weighted by molar-refractivity contribution is 6.02. The average molecular weight is 390 g/mol. The molecule has 1 aromatic heterocycles. The number of rotatable bonds is 7. The molecule has 1 aliphatic rings. The normalized spacial score (nSPS) is 16.3. The lowest BCUT2D eigenvalue weighted by atomic mass is 10.0. The molecule has 3 aromatic rings. The largest absolute Gasteiger partial charge is 0.497 e. The Morgan fingerprint density at radius 3 is 2.72 bits per heavy atom. The molecular formula is C24H26N2O3. The molecule has 1 amide bonds. The molecule has 2 aromatic carbocycles. The lowest BCUT2D eigenvalue weighted by Gasteiger charge is -2.24. The van der Waals surface area contributed by atoms with Gasteiger partial charge in [0.1, 0.15) is 5.75 Å². The molecule has 0 radical (unpaired) electrons. The first-order valence-corrected chi connectivity index (χ1v) is 10.2. The summed E-state index contributed by atoms with van der Waals surface area (Å²) in [4.78, 5) is 30.8. The third-order valence-electron chi connectivity index (χ3n) is 5.76. The number of methoxy groups -OCH3 is 1. The number of fused-ring (bicyclic) bond motifs is 1. The number of H-pyrrole nitrogens is 1. The van der Waals surface area contributed by atoms with Gasteiger partial charge in [-0.1, -0.05) is 18.2 Å². The van der Waals surface area contributed by atoms with Crippen molar-refractivity contribution in [2.45, 2.75) is 38.1 Å². The molecule has 29 heavy (non-hydrogen) atoms. The van der Waals surface area contributed by atoms with Crippen molar-refractivity contribution in [1.82, 2.24) is 9.88 Å². The molecule has 0 spiro atoms. The SMILES string of the molecule is COc1ccc(C(=O)[C@@H]2CCCN2C(=O)CCCc2c[nH]c3ccccc23)cc1. The summed E-state index contributed by atoms with van der Waals surface area (Å²) in [5.41, 5.74) is 2.99. The van der Waals surface area contributed by atoms with E-state index >= 15 is 0 Å². The second-order valence-corrected chi connectivity index (χ2v) is 7.55. The van der Waals surface area contributed by atoms with Gasteiger partial charge in [0.15, 0.2) is 5.78 Å². The quantitative estimate of drug-likeness (QED) is 0.609. The zero-order valence-corrected chi connectivity index (χ0v) is 16.7. The second kappa shape index (κ2) is 8.52. The molecule has 0 unspecified atom stereocenters. The summed E-state index contributed by atoms with van der Waals surface area (Å²) < 4.78 is 5.16. The van der Waals surface area contributed by atoms with Crippen LogP contribution < -0.4 is 4.74 Å². The number of nitrogens with zero attached hydrogens (tertiary/aromatic N) is 1. The van der Waals surface area contributed by atoms with E-state index in [-0.39, 0.29) is 17.7 Å². The Balaban J connectivity index is 1.36. The number of Topliss-reactive ketones (excluding diaryl/α,β-unsaturated/α-hetero) is 1. The highest BCUT2D eigenvalue weighted by Crippen LogP contribution is 2.24. The second-order valence-electron chi connectivity index (χ2n) is 7.55. The fourth-order valence-electron chi connectivity index (χ4n) is 4.20. The number of carbonyl (C=O) groups excluding carboxylic acids is 2. The molecule has 0 aliphatic carbocycles. The van der Waals surface area contributed by atoms with Crippen LogP contribution in [0.4, 0.5) is 0 Å². The minimum Gasteiger partial charge on any atom is -0.497 e. The van der Waals surface area contributed by atoms with Gasteiger partial charge >= 0.3 is 0 Å². The maximum Gasteiger partial charge on any atom is 0.223 e. The van der Waals surface area contributed by atoms with Crippen molar-refractivity contribution in [3.05, 3.63) is 65.9 Å². The van der Waals surface area contributed by atoms with Gasteiger partial charge in [0, 0.05) is 35.6 Å². The number of nitrogens with one attached hydrogen (secondary N) is 1. The van der Waals surface area contributed by atoms with Crippen LogP contribution >= 0.6 is 0 Å². The molecule has 150 valence electrons. The van der Waals surface area contributed by atoms with Crippen LogP contribution in [-0.2, 0) is 11.2 Å². The van der Waals surface area contributed by atoms with E-state index in [4.69, 9.17) is 4.74 Å². The first kappa shape index (κ1) is 19.2. The summed E-state index contributed by atoms with van der Waals surface area (Å²) in [7, 11) is 1.60. The summed E-state index contributed by atoms with van der Waals surface area (Å²) in [5, 5.41) is 1.22. The number of aromatic amines is 1. The summed E-state index contributed by atoms with van der Waals surface area (Å²) >= 11 is 0. The number of hydrogen-bond donors (Lipinski definition) is 1. The summed E-state index contributed by atoms with van der Waals surface area (Å²) in [6, 6.07) is 15.0. The molecule has 2 heterocycles. The summed E-state index contributed by atoms with van der Waals surface area (Å²) in [6.07, 6.45) is 5.73. The van der Waals surface area contributed by atoms with Crippen LogP contribution in [0.2, 0.25) is 0 Å². The summed E-state index contributed by atoms with van der Waals surface area (Å²) in [6.45, 7) is 0.665. The number of aromatic nitrogens is 1. The van der Waals surface area contributed by atoms with Crippen LogP contribution in [0, 0.1) is 0 Å². The van der Waals surface area contributed by atoms with Gasteiger partial charge in [-0.05, 0) is 61.6 Å². The fourth-order valence-corrected chi connectivity index (χ4v) is 4.20. The van der Waals surface area contributed by atoms with Gasteiger partial charge in [-0.3, -0.25) is 9.59 Å². The van der Waals surface area contributed by atoms with Crippen molar-refractivity contribution < 1.29 is 14.3 Å². The van der Waals surface area contributed by atoms with Crippen molar-refractivity contribution in [3.63, 3.8) is 0 Å². The van der Waals surface area contributed by atoms with E-state index in [9.17, 15) is 9.59 Å². The number of hydrogen-bond acceptors (Lipinski definition) is 3. The zero-order chi connectivity index (χ0) is 20.2. The highest BCUT2D eigenvalue weighted by atomic mass is 16.5. The van der Waals surface area contributed by atoms with Crippen molar-refractivity contribution in [2.75, 3.05) is 13.7 Å². The van der Waals surface area contributed by atoms with E-state index in [1.54, 1.807) is 36.3 Å². The molecule has 5 heteroatoms. The predicted octanol–water partition coefficient (Wildman–Crippen LogP) is 4.37.